The zero-order valence-corrected chi connectivity index (χ0v) is 20.7. The fourth-order valence-electron chi connectivity index (χ4n) is 2.80. The zero-order chi connectivity index (χ0) is 23.8. The largest absolute Gasteiger partial charge is 0.494 e. The van der Waals surface area contributed by atoms with Crippen LogP contribution in [0.2, 0.25) is 5.02 Å². The number of nitrogens with one attached hydrogen (secondary N) is 1. The van der Waals surface area contributed by atoms with Crippen LogP contribution in [-0.4, -0.2) is 66.0 Å². The fourth-order valence-corrected chi connectivity index (χ4v) is 3.56. The van der Waals surface area contributed by atoms with E-state index in [-0.39, 0.29) is 35.5 Å². The molecule has 0 fully saturated rings. The molecule has 2 rings (SSSR count). The topological polar surface area (TPSA) is 78.5 Å². The summed E-state index contributed by atoms with van der Waals surface area (Å²) in [6.45, 7) is 0.0444. The molecule has 0 aliphatic rings. The molecule has 0 heterocycles. The summed E-state index contributed by atoms with van der Waals surface area (Å²) < 4.78 is 41.0. The van der Waals surface area contributed by atoms with Crippen molar-refractivity contribution in [2.24, 2.45) is 0 Å². The normalized spacial score (nSPS) is 10.9. The van der Waals surface area contributed by atoms with E-state index in [9.17, 15) is 9.18 Å². The highest BCUT2D eigenvalue weighted by Gasteiger charge is 2.24. The van der Waals surface area contributed by atoms with Gasteiger partial charge in [0.1, 0.15) is 22.3 Å². The smallest absolute Gasteiger partial charge is 0.321 e. The van der Waals surface area contributed by atoms with Crippen molar-refractivity contribution >= 4 is 39.2 Å². The first-order valence-corrected chi connectivity index (χ1v) is 10.5. The van der Waals surface area contributed by atoms with E-state index in [1.165, 1.54) is 45.5 Å². The molecule has 2 aromatic rings. The summed E-state index contributed by atoms with van der Waals surface area (Å²) in [6.07, 6.45) is -0.601. The average Bonchev–Trinajstić information content (AvgIpc) is 2.79. The SMILES string of the molecule is COCOc1c(-c2cc(F)ccc2Br)cc(OC)c(NC(=O)N(C)CC(OC)OC)c1Cl. The highest BCUT2D eigenvalue weighted by atomic mass is 79.9. The van der Waals surface area contributed by atoms with Gasteiger partial charge in [-0.1, -0.05) is 27.5 Å². The molecule has 0 aromatic heterocycles. The Morgan fingerprint density at radius 2 is 1.88 bits per heavy atom. The summed E-state index contributed by atoms with van der Waals surface area (Å²) in [4.78, 5) is 14.1. The Bertz CT molecular complexity index is 945. The van der Waals surface area contributed by atoms with E-state index in [1.807, 2.05) is 0 Å². The summed E-state index contributed by atoms with van der Waals surface area (Å²) in [5.74, 6) is -0.00577. The molecule has 8 nitrogen and oxygen atoms in total. The van der Waals surface area contributed by atoms with Crippen LogP contribution in [0.1, 0.15) is 0 Å². The first-order valence-electron chi connectivity index (χ1n) is 9.32. The van der Waals surface area contributed by atoms with Gasteiger partial charge < -0.3 is 33.9 Å². The summed E-state index contributed by atoms with van der Waals surface area (Å²) in [5.41, 5.74) is 1.11. The minimum atomic E-state index is -0.601. The maximum atomic E-state index is 14.0. The van der Waals surface area contributed by atoms with Gasteiger partial charge in [-0.15, -0.1) is 0 Å². The number of nitrogens with zero attached hydrogens (tertiary/aromatic N) is 1. The molecule has 11 heteroatoms. The lowest BCUT2D eigenvalue weighted by molar-refractivity contribution is -0.108. The van der Waals surface area contributed by atoms with Gasteiger partial charge in [-0.3, -0.25) is 0 Å². The van der Waals surface area contributed by atoms with Crippen molar-refractivity contribution < 1.29 is 32.9 Å². The lowest BCUT2D eigenvalue weighted by Gasteiger charge is -2.24. The lowest BCUT2D eigenvalue weighted by atomic mass is 10.0. The van der Waals surface area contributed by atoms with Gasteiger partial charge in [0.25, 0.3) is 0 Å². The van der Waals surface area contributed by atoms with Gasteiger partial charge in [0.2, 0.25) is 0 Å². The molecule has 0 spiro atoms. The summed E-state index contributed by atoms with van der Waals surface area (Å²) in [5, 5.41) is 2.78. The van der Waals surface area contributed by atoms with E-state index >= 15 is 0 Å². The molecule has 0 atom stereocenters. The summed E-state index contributed by atoms with van der Waals surface area (Å²) in [6, 6.07) is 5.33. The lowest BCUT2D eigenvalue weighted by Crippen LogP contribution is -2.38. The molecule has 0 saturated heterocycles. The Labute approximate surface area is 199 Å². The van der Waals surface area contributed by atoms with Crippen LogP contribution in [0.5, 0.6) is 11.5 Å². The summed E-state index contributed by atoms with van der Waals surface area (Å²) >= 11 is 10.0. The Hall–Kier alpha value is -2.11. The van der Waals surface area contributed by atoms with Gasteiger partial charge in [0.15, 0.2) is 18.8 Å². The quantitative estimate of drug-likeness (QED) is 0.432. The number of benzene rings is 2. The van der Waals surface area contributed by atoms with E-state index in [2.05, 4.69) is 21.2 Å². The molecule has 176 valence electrons. The maximum absolute atomic E-state index is 14.0. The molecule has 0 radical (unpaired) electrons. The second-order valence-electron chi connectivity index (χ2n) is 6.53. The molecular weight excluding hydrogens is 511 g/mol. The number of rotatable bonds is 10. The van der Waals surface area contributed by atoms with Gasteiger partial charge in [0, 0.05) is 44.0 Å². The number of hydrogen-bond acceptors (Lipinski definition) is 6. The maximum Gasteiger partial charge on any atom is 0.321 e. The number of amides is 2. The second kappa shape index (κ2) is 12.2. The van der Waals surface area contributed by atoms with E-state index in [0.717, 1.165) is 0 Å². The first-order chi connectivity index (χ1) is 15.3. The van der Waals surface area contributed by atoms with Gasteiger partial charge in [0.05, 0.1) is 13.7 Å². The van der Waals surface area contributed by atoms with Gasteiger partial charge >= 0.3 is 6.03 Å². The average molecular weight is 536 g/mol. The van der Waals surface area contributed by atoms with Gasteiger partial charge in [-0.2, -0.15) is 0 Å². The third-order valence-corrected chi connectivity index (χ3v) is 5.52. The molecule has 0 unspecified atom stereocenters. The number of likely N-dealkylation sites (N-methyl/N-ethyl adjacent to an activating group) is 1. The minimum absolute atomic E-state index is 0.0596. The highest BCUT2D eigenvalue weighted by molar-refractivity contribution is 9.10. The molecule has 2 aromatic carbocycles. The number of halogens is 3. The number of anilines is 1. The van der Waals surface area contributed by atoms with Crippen LogP contribution in [-0.2, 0) is 14.2 Å². The molecule has 2 amide bonds. The Kier molecular flexibility index (Phi) is 9.98. The van der Waals surface area contributed by atoms with Crippen LogP contribution in [0, 0.1) is 5.82 Å². The predicted molar refractivity (Wildman–Crippen MR) is 123 cm³/mol. The van der Waals surface area contributed by atoms with Crippen LogP contribution in [0.15, 0.2) is 28.7 Å². The van der Waals surface area contributed by atoms with Crippen LogP contribution in [0.4, 0.5) is 14.9 Å². The van der Waals surface area contributed by atoms with Crippen molar-refractivity contribution in [1.29, 1.82) is 0 Å². The molecule has 0 bridgehead atoms. The number of ether oxygens (including phenoxy) is 5. The first kappa shape index (κ1) is 26.1. The summed E-state index contributed by atoms with van der Waals surface area (Å²) in [7, 11) is 7.40. The van der Waals surface area contributed by atoms with Crippen molar-refractivity contribution in [3.8, 4) is 22.6 Å². The predicted octanol–water partition coefficient (Wildman–Crippen LogP) is 4.98. The molecule has 0 aliphatic carbocycles. The van der Waals surface area contributed by atoms with Gasteiger partial charge in [-0.25, -0.2) is 9.18 Å². The fraction of sp³-hybridized carbons (Fsp3) is 0.381. The molecule has 0 aliphatic heterocycles. The molecule has 1 N–H and O–H groups in total. The standard InChI is InChI=1S/C21H25BrClFN2O6/c1-26(10-17(30-4)31-5)21(27)25-19-16(29-3)9-14(20(18(19)23)32-11-28-2)13-8-12(24)6-7-15(13)22/h6-9,17H,10-11H2,1-5H3,(H,25,27). The monoisotopic (exact) mass is 534 g/mol. The van der Waals surface area contributed by atoms with Crippen molar-refractivity contribution in [1.82, 2.24) is 4.90 Å². The van der Waals surface area contributed by atoms with Crippen LogP contribution in [0.25, 0.3) is 11.1 Å². The van der Waals surface area contributed by atoms with Crippen LogP contribution < -0.4 is 14.8 Å². The van der Waals surface area contributed by atoms with Crippen LogP contribution >= 0.6 is 27.5 Å². The highest BCUT2D eigenvalue weighted by Crippen LogP contribution is 2.48. The van der Waals surface area contributed by atoms with Crippen molar-refractivity contribution in [2.45, 2.75) is 6.29 Å². The second-order valence-corrected chi connectivity index (χ2v) is 7.76. The van der Waals surface area contributed by atoms with Gasteiger partial charge in [-0.05, 0) is 24.3 Å². The number of carbonyl (C=O) groups is 1. The molecule has 32 heavy (non-hydrogen) atoms. The Morgan fingerprint density at radius 3 is 2.47 bits per heavy atom. The number of carbonyl (C=O) groups excluding carboxylic acids is 1. The Morgan fingerprint density at radius 1 is 1.19 bits per heavy atom. The van der Waals surface area contributed by atoms with Crippen LogP contribution in [0.3, 0.4) is 0 Å². The number of methoxy groups -OCH3 is 4. The zero-order valence-electron chi connectivity index (χ0n) is 18.3. The van der Waals surface area contributed by atoms with E-state index in [4.69, 9.17) is 35.3 Å². The van der Waals surface area contributed by atoms with Crippen molar-refractivity contribution in [2.75, 3.05) is 54.1 Å². The molecule has 0 saturated carbocycles. The minimum Gasteiger partial charge on any atom is -0.494 e. The number of urea groups is 1. The molecular formula is C21H25BrClFN2O6. The Balaban J connectivity index is 2.52. The third-order valence-electron chi connectivity index (χ3n) is 4.47. The van der Waals surface area contributed by atoms with Crippen molar-refractivity contribution in [3.63, 3.8) is 0 Å². The van der Waals surface area contributed by atoms with E-state index in [1.54, 1.807) is 19.2 Å². The third kappa shape index (κ3) is 6.23. The number of hydrogen-bond donors (Lipinski definition) is 1. The van der Waals surface area contributed by atoms with E-state index in [0.29, 0.717) is 15.6 Å². The van der Waals surface area contributed by atoms with Crippen molar-refractivity contribution in [3.05, 3.63) is 39.6 Å². The van der Waals surface area contributed by atoms with E-state index < -0.39 is 18.1 Å².